The first kappa shape index (κ1) is 12.2. The van der Waals surface area contributed by atoms with E-state index >= 15 is 0 Å². The van der Waals surface area contributed by atoms with Crippen molar-refractivity contribution in [2.75, 3.05) is 0 Å². The third kappa shape index (κ3) is 2.80. The highest BCUT2D eigenvalue weighted by molar-refractivity contribution is 6.31. The minimum absolute atomic E-state index is 0.0907. The molecule has 15 heavy (non-hydrogen) atoms. The Labute approximate surface area is 95.4 Å². The summed E-state index contributed by atoms with van der Waals surface area (Å²) in [6.45, 7) is 6.06. The Morgan fingerprint density at radius 3 is 2.40 bits per heavy atom. The highest BCUT2D eigenvalue weighted by Gasteiger charge is 2.23. The summed E-state index contributed by atoms with van der Waals surface area (Å²) in [5.41, 5.74) is 6.62. The van der Waals surface area contributed by atoms with Crippen molar-refractivity contribution in [1.82, 2.24) is 0 Å². The molecular formula is C12H16ClNO. The SMILES string of the molecule is CC(C)(C)C(=O)c1ccc(CN)c(Cl)c1. The Bertz CT molecular complexity index is 380. The quantitative estimate of drug-likeness (QED) is 0.787. The Morgan fingerprint density at radius 2 is 2.00 bits per heavy atom. The summed E-state index contributed by atoms with van der Waals surface area (Å²) in [7, 11) is 0. The monoisotopic (exact) mass is 225 g/mol. The predicted molar refractivity (Wildman–Crippen MR) is 63.1 cm³/mol. The minimum atomic E-state index is -0.381. The van der Waals surface area contributed by atoms with E-state index in [1.54, 1.807) is 18.2 Å². The van der Waals surface area contributed by atoms with Crippen LogP contribution in [0.2, 0.25) is 5.02 Å². The molecule has 1 aromatic carbocycles. The number of carbonyl (C=O) groups excluding carboxylic acids is 1. The molecule has 0 heterocycles. The fourth-order valence-electron chi connectivity index (χ4n) is 1.29. The zero-order valence-electron chi connectivity index (χ0n) is 9.30. The first-order valence-electron chi connectivity index (χ1n) is 4.89. The Balaban J connectivity index is 3.08. The number of carbonyl (C=O) groups is 1. The Morgan fingerprint density at radius 1 is 1.40 bits per heavy atom. The van der Waals surface area contributed by atoms with Crippen LogP contribution in [0.5, 0.6) is 0 Å². The average Bonchev–Trinajstić information content (AvgIpc) is 2.15. The molecule has 0 amide bonds. The molecular weight excluding hydrogens is 210 g/mol. The van der Waals surface area contributed by atoms with Crippen molar-refractivity contribution >= 4 is 17.4 Å². The van der Waals surface area contributed by atoms with Crippen LogP contribution in [0.15, 0.2) is 18.2 Å². The molecule has 1 aromatic rings. The van der Waals surface area contributed by atoms with Gasteiger partial charge in [-0.05, 0) is 11.6 Å². The van der Waals surface area contributed by atoms with E-state index in [0.717, 1.165) is 5.56 Å². The largest absolute Gasteiger partial charge is 0.326 e. The minimum Gasteiger partial charge on any atom is -0.326 e. The highest BCUT2D eigenvalue weighted by Crippen LogP contribution is 2.24. The van der Waals surface area contributed by atoms with Crippen LogP contribution < -0.4 is 5.73 Å². The van der Waals surface area contributed by atoms with Crippen LogP contribution in [-0.4, -0.2) is 5.78 Å². The fourth-order valence-corrected chi connectivity index (χ4v) is 1.54. The van der Waals surface area contributed by atoms with Crippen LogP contribution in [0, 0.1) is 5.41 Å². The maximum absolute atomic E-state index is 11.9. The van der Waals surface area contributed by atoms with Crippen molar-refractivity contribution < 1.29 is 4.79 Å². The number of Topliss-reactive ketones (excluding diaryl/α,β-unsaturated/α-hetero) is 1. The van der Waals surface area contributed by atoms with Gasteiger partial charge in [-0.2, -0.15) is 0 Å². The van der Waals surface area contributed by atoms with E-state index in [1.165, 1.54) is 0 Å². The molecule has 2 N–H and O–H groups in total. The summed E-state index contributed by atoms with van der Waals surface area (Å²) in [6, 6.07) is 5.28. The molecule has 0 aliphatic rings. The van der Waals surface area contributed by atoms with Gasteiger partial charge in [0.05, 0.1) is 0 Å². The van der Waals surface area contributed by atoms with Crippen molar-refractivity contribution in [2.24, 2.45) is 11.1 Å². The number of hydrogen-bond donors (Lipinski definition) is 1. The van der Waals surface area contributed by atoms with Crippen molar-refractivity contribution in [3.63, 3.8) is 0 Å². The summed E-state index contributed by atoms with van der Waals surface area (Å²) < 4.78 is 0. The van der Waals surface area contributed by atoms with E-state index < -0.39 is 0 Å². The number of ketones is 1. The molecule has 0 fully saturated rings. The van der Waals surface area contributed by atoms with Gasteiger partial charge in [-0.3, -0.25) is 4.79 Å². The molecule has 0 saturated heterocycles. The lowest BCUT2D eigenvalue weighted by Crippen LogP contribution is -2.20. The van der Waals surface area contributed by atoms with Crippen molar-refractivity contribution in [3.05, 3.63) is 34.3 Å². The molecule has 0 saturated carbocycles. The number of benzene rings is 1. The third-order valence-corrected chi connectivity index (χ3v) is 2.57. The molecule has 0 spiro atoms. The smallest absolute Gasteiger partial charge is 0.168 e. The maximum atomic E-state index is 11.9. The van der Waals surface area contributed by atoms with Gasteiger partial charge in [-0.1, -0.05) is 44.5 Å². The Hall–Kier alpha value is -0.860. The first-order valence-corrected chi connectivity index (χ1v) is 5.27. The van der Waals surface area contributed by atoms with E-state index in [4.69, 9.17) is 17.3 Å². The van der Waals surface area contributed by atoms with Crippen molar-refractivity contribution in [2.45, 2.75) is 27.3 Å². The molecule has 0 atom stereocenters. The van der Waals surface area contributed by atoms with Gasteiger partial charge in [0.2, 0.25) is 0 Å². The lowest BCUT2D eigenvalue weighted by atomic mass is 9.86. The zero-order valence-corrected chi connectivity index (χ0v) is 10.1. The molecule has 0 radical (unpaired) electrons. The standard InChI is InChI=1S/C12H16ClNO/c1-12(2,3)11(15)8-4-5-9(7-14)10(13)6-8/h4-6H,7,14H2,1-3H3. The topological polar surface area (TPSA) is 43.1 Å². The lowest BCUT2D eigenvalue weighted by Gasteiger charge is -2.17. The number of hydrogen-bond acceptors (Lipinski definition) is 2. The van der Waals surface area contributed by atoms with Gasteiger partial charge in [0, 0.05) is 22.5 Å². The van der Waals surface area contributed by atoms with Gasteiger partial charge >= 0.3 is 0 Å². The van der Waals surface area contributed by atoms with Crippen LogP contribution in [0.1, 0.15) is 36.7 Å². The highest BCUT2D eigenvalue weighted by atomic mass is 35.5. The normalized spacial score (nSPS) is 11.5. The van der Waals surface area contributed by atoms with Gasteiger partial charge in [0.1, 0.15) is 0 Å². The van der Waals surface area contributed by atoms with Crippen LogP contribution >= 0.6 is 11.6 Å². The van der Waals surface area contributed by atoms with Gasteiger partial charge in [0.15, 0.2) is 5.78 Å². The fraction of sp³-hybridized carbons (Fsp3) is 0.417. The zero-order chi connectivity index (χ0) is 11.6. The second-order valence-electron chi connectivity index (χ2n) is 4.59. The van der Waals surface area contributed by atoms with Crippen LogP contribution in [0.25, 0.3) is 0 Å². The van der Waals surface area contributed by atoms with E-state index in [9.17, 15) is 4.79 Å². The molecule has 2 nitrogen and oxygen atoms in total. The summed E-state index contributed by atoms with van der Waals surface area (Å²) in [6.07, 6.45) is 0. The van der Waals surface area contributed by atoms with Gasteiger partial charge in [-0.25, -0.2) is 0 Å². The van der Waals surface area contributed by atoms with Crippen LogP contribution in [-0.2, 0) is 6.54 Å². The summed E-state index contributed by atoms with van der Waals surface area (Å²) in [5, 5.41) is 0.563. The van der Waals surface area contributed by atoms with E-state index in [2.05, 4.69) is 0 Å². The predicted octanol–water partition coefficient (Wildman–Crippen LogP) is 3.03. The summed E-state index contributed by atoms with van der Waals surface area (Å²) in [5.74, 6) is 0.0907. The van der Waals surface area contributed by atoms with Crippen LogP contribution in [0.4, 0.5) is 0 Å². The molecule has 0 bridgehead atoms. The second-order valence-corrected chi connectivity index (χ2v) is 5.00. The molecule has 0 unspecified atom stereocenters. The molecule has 3 heteroatoms. The number of nitrogens with two attached hydrogens (primary N) is 1. The lowest BCUT2D eigenvalue weighted by molar-refractivity contribution is 0.0858. The maximum Gasteiger partial charge on any atom is 0.168 e. The van der Waals surface area contributed by atoms with E-state index in [-0.39, 0.29) is 11.2 Å². The second kappa shape index (κ2) is 4.33. The van der Waals surface area contributed by atoms with Gasteiger partial charge in [0.25, 0.3) is 0 Å². The van der Waals surface area contributed by atoms with Crippen LogP contribution in [0.3, 0.4) is 0 Å². The number of halogens is 1. The van der Waals surface area contributed by atoms with Gasteiger partial charge < -0.3 is 5.73 Å². The third-order valence-electron chi connectivity index (χ3n) is 2.22. The van der Waals surface area contributed by atoms with E-state index in [1.807, 2.05) is 20.8 Å². The Kier molecular flexibility index (Phi) is 3.53. The molecule has 82 valence electrons. The summed E-state index contributed by atoms with van der Waals surface area (Å²) >= 11 is 5.99. The first-order chi connectivity index (χ1) is 6.86. The van der Waals surface area contributed by atoms with E-state index in [0.29, 0.717) is 17.1 Å². The van der Waals surface area contributed by atoms with Crippen molar-refractivity contribution in [3.8, 4) is 0 Å². The average molecular weight is 226 g/mol. The van der Waals surface area contributed by atoms with Crippen molar-refractivity contribution in [1.29, 1.82) is 0 Å². The molecule has 0 aliphatic heterocycles. The molecule has 0 aliphatic carbocycles. The van der Waals surface area contributed by atoms with Gasteiger partial charge in [-0.15, -0.1) is 0 Å². The molecule has 0 aromatic heterocycles. The number of rotatable bonds is 2. The molecule has 1 rings (SSSR count). The summed E-state index contributed by atoms with van der Waals surface area (Å²) in [4.78, 5) is 11.9.